The molecule has 0 spiro atoms. The topological polar surface area (TPSA) is 29.1 Å². The number of nitrogens with one attached hydrogen (secondary N) is 1. The van der Waals surface area contributed by atoms with Gasteiger partial charge in [-0.2, -0.15) is 0 Å². The van der Waals surface area contributed by atoms with E-state index in [-0.39, 0.29) is 5.91 Å². The zero-order valence-electron chi connectivity index (χ0n) is 14.2. The van der Waals surface area contributed by atoms with Crippen molar-refractivity contribution in [3.63, 3.8) is 0 Å². The lowest BCUT2D eigenvalue weighted by atomic mass is 9.90. The summed E-state index contributed by atoms with van der Waals surface area (Å²) < 4.78 is 0.396. The smallest absolute Gasteiger partial charge is 0.219 e. The van der Waals surface area contributed by atoms with Gasteiger partial charge in [0.05, 0.1) is 0 Å². The molecule has 0 unspecified atom stereocenters. The molecule has 0 atom stereocenters. The summed E-state index contributed by atoms with van der Waals surface area (Å²) in [4.78, 5) is 11.7. The Labute approximate surface area is 140 Å². The lowest BCUT2D eigenvalue weighted by Crippen LogP contribution is -2.24. The van der Waals surface area contributed by atoms with Gasteiger partial charge < -0.3 is 5.32 Å². The van der Waals surface area contributed by atoms with Crippen molar-refractivity contribution >= 4 is 28.5 Å². The Hall–Kier alpha value is 0.200. The van der Waals surface area contributed by atoms with Gasteiger partial charge in [-0.1, -0.05) is 76.5 Å². The first-order valence-corrected chi connectivity index (χ1v) is 9.14. The summed E-state index contributed by atoms with van der Waals surface area (Å²) >= 11 is 2.49. The molecule has 0 saturated heterocycles. The minimum Gasteiger partial charge on any atom is -0.356 e. The number of halogens is 1. The molecular formula is C17H34INO. The van der Waals surface area contributed by atoms with Gasteiger partial charge >= 0.3 is 0 Å². The van der Waals surface area contributed by atoms with Gasteiger partial charge in [0, 0.05) is 16.4 Å². The molecule has 0 aromatic rings. The van der Waals surface area contributed by atoms with Gasteiger partial charge in [0.25, 0.3) is 0 Å². The molecule has 0 aliphatic carbocycles. The Morgan fingerprint density at radius 1 is 0.900 bits per heavy atom. The highest BCUT2D eigenvalue weighted by Gasteiger charge is 2.11. The zero-order chi connectivity index (χ0) is 15.6. The second kappa shape index (κ2) is 10.0. The summed E-state index contributed by atoms with van der Waals surface area (Å²) in [6, 6.07) is 0. The van der Waals surface area contributed by atoms with Crippen molar-refractivity contribution in [1.29, 1.82) is 0 Å². The average Bonchev–Trinajstić information content (AvgIpc) is 2.25. The van der Waals surface area contributed by atoms with E-state index in [0.717, 1.165) is 19.4 Å². The molecule has 1 N–H and O–H groups in total. The fourth-order valence-electron chi connectivity index (χ4n) is 2.10. The summed E-state index contributed by atoms with van der Waals surface area (Å²) in [7, 11) is 0. The van der Waals surface area contributed by atoms with Crippen LogP contribution in [0, 0.1) is 5.41 Å². The van der Waals surface area contributed by atoms with Gasteiger partial charge in [-0.15, -0.1) is 0 Å². The highest BCUT2D eigenvalue weighted by Crippen LogP contribution is 2.24. The quantitative estimate of drug-likeness (QED) is 0.296. The highest BCUT2D eigenvalue weighted by molar-refractivity contribution is 14.1. The van der Waals surface area contributed by atoms with Crippen LogP contribution in [0.2, 0.25) is 0 Å². The molecule has 0 aromatic carbocycles. The third kappa shape index (κ3) is 16.3. The van der Waals surface area contributed by atoms with Crippen LogP contribution >= 0.6 is 22.6 Å². The van der Waals surface area contributed by atoms with Crippen molar-refractivity contribution in [2.75, 3.05) is 6.54 Å². The minimum absolute atomic E-state index is 0.231. The summed E-state index contributed by atoms with van der Waals surface area (Å²) in [5.74, 6) is 0.231. The summed E-state index contributed by atoms with van der Waals surface area (Å²) in [5, 5.41) is 3.04. The van der Waals surface area contributed by atoms with E-state index < -0.39 is 0 Å². The fourth-order valence-corrected chi connectivity index (χ4v) is 2.49. The van der Waals surface area contributed by atoms with Crippen LogP contribution in [-0.2, 0) is 4.79 Å². The van der Waals surface area contributed by atoms with E-state index in [1.54, 1.807) is 0 Å². The van der Waals surface area contributed by atoms with Crippen LogP contribution in [0.4, 0.5) is 0 Å². The maximum atomic E-state index is 11.7. The molecule has 0 aromatic heterocycles. The monoisotopic (exact) mass is 395 g/mol. The third-order valence-corrected chi connectivity index (χ3v) is 3.89. The Morgan fingerprint density at radius 2 is 1.50 bits per heavy atom. The normalized spacial score (nSPS) is 12.5. The van der Waals surface area contributed by atoms with E-state index in [2.05, 4.69) is 62.5 Å². The molecule has 0 fully saturated rings. The van der Waals surface area contributed by atoms with Crippen LogP contribution in [0.25, 0.3) is 0 Å². The van der Waals surface area contributed by atoms with Crippen molar-refractivity contribution < 1.29 is 4.79 Å². The molecule has 2 nitrogen and oxygen atoms in total. The molecule has 0 radical (unpaired) electrons. The highest BCUT2D eigenvalue weighted by atomic mass is 127. The minimum atomic E-state index is 0.231. The van der Waals surface area contributed by atoms with E-state index in [1.165, 1.54) is 32.1 Å². The van der Waals surface area contributed by atoms with Crippen molar-refractivity contribution in [3.05, 3.63) is 0 Å². The molecule has 0 aliphatic heterocycles. The molecule has 0 heterocycles. The number of rotatable bonds is 10. The number of unbranched alkanes of at least 4 members (excludes halogenated alkanes) is 3. The van der Waals surface area contributed by atoms with E-state index in [9.17, 15) is 4.79 Å². The Balaban J connectivity index is 3.38. The number of hydrogen-bond acceptors (Lipinski definition) is 1. The van der Waals surface area contributed by atoms with Crippen LogP contribution in [0.1, 0.15) is 86.0 Å². The van der Waals surface area contributed by atoms with Crippen molar-refractivity contribution in [2.45, 2.75) is 89.4 Å². The van der Waals surface area contributed by atoms with Gasteiger partial charge in [0.1, 0.15) is 0 Å². The average molecular weight is 395 g/mol. The first kappa shape index (κ1) is 20.2. The number of carbonyl (C=O) groups is 1. The van der Waals surface area contributed by atoms with Crippen molar-refractivity contribution in [1.82, 2.24) is 5.32 Å². The number of carbonyl (C=O) groups excluding carboxylic acids is 1. The predicted octanol–water partition coefficient (Wildman–Crippen LogP) is 5.48. The molecular weight excluding hydrogens is 361 g/mol. The maximum Gasteiger partial charge on any atom is 0.219 e. The van der Waals surface area contributed by atoms with E-state index in [4.69, 9.17) is 0 Å². The molecule has 0 rings (SSSR count). The first-order chi connectivity index (χ1) is 9.10. The molecule has 0 aliphatic rings. The summed E-state index contributed by atoms with van der Waals surface area (Å²) in [5.41, 5.74) is 0.413. The number of alkyl halides is 1. The molecule has 1 amide bonds. The van der Waals surface area contributed by atoms with Gasteiger partial charge in [-0.3, -0.25) is 4.79 Å². The van der Waals surface area contributed by atoms with Gasteiger partial charge in [-0.05, 0) is 31.1 Å². The second-order valence-electron chi connectivity index (χ2n) is 7.65. The van der Waals surface area contributed by atoms with Crippen LogP contribution < -0.4 is 5.32 Å². The standard InChI is InChI=1S/C17H34INO/c1-16(2,3)12-9-10-14-19-15(20)11-7-6-8-13-17(4,5)18/h6-14H2,1-5H3,(H,19,20). The Bertz CT molecular complexity index is 237. The fraction of sp³-hybridized carbons (Fsp3) is 0.941. The van der Waals surface area contributed by atoms with E-state index >= 15 is 0 Å². The predicted molar refractivity (Wildman–Crippen MR) is 97.5 cm³/mol. The molecule has 0 bridgehead atoms. The number of amides is 1. The Kier molecular flexibility index (Phi) is 10.1. The Morgan fingerprint density at radius 3 is 2.05 bits per heavy atom. The first-order valence-electron chi connectivity index (χ1n) is 8.06. The third-order valence-electron chi connectivity index (χ3n) is 3.35. The van der Waals surface area contributed by atoms with Gasteiger partial charge in [-0.25, -0.2) is 0 Å². The van der Waals surface area contributed by atoms with E-state index in [1.807, 2.05) is 0 Å². The van der Waals surface area contributed by atoms with Gasteiger partial charge in [0.2, 0.25) is 5.91 Å². The van der Waals surface area contributed by atoms with Crippen molar-refractivity contribution in [2.24, 2.45) is 5.41 Å². The van der Waals surface area contributed by atoms with Crippen LogP contribution in [-0.4, -0.2) is 15.9 Å². The van der Waals surface area contributed by atoms with Gasteiger partial charge in [0.15, 0.2) is 0 Å². The lowest BCUT2D eigenvalue weighted by Gasteiger charge is -2.17. The molecule has 120 valence electrons. The van der Waals surface area contributed by atoms with E-state index in [0.29, 0.717) is 15.3 Å². The largest absolute Gasteiger partial charge is 0.356 e. The zero-order valence-corrected chi connectivity index (χ0v) is 16.3. The number of hydrogen-bond donors (Lipinski definition) is 1. The lowest BCUT2D eigenvalue weighted by molar-refractivity contribution is -0.121. The van der Waals surface area contributed by atoms with Crippen LogP contribution in [0.5, 0.6) is 0 Å². The second-order valence-corrected chi connectivity index (χ2v) is 10.6. The summed E-state index contributed by atoms with van der Waals surface area (Å²) in [6.45, 7) is 12.2. The molecule has 3 heteroatoms. The maximum absolute atomic E-state index is 11.7. The molecule has 20 heavy (non-hydrogen) atoms. The van der Waals surface area contributed by atoms with Crippen LogP contribution in [0.15, 0.2) is 0 Å². The van der Waals surface area contributed by atoms with Crippen LogP contribution in [0.3, 0.4) is 0 Å². The summed E-state index contributed by atoms with van der Waals surface area (Å²) in [6.07, 6.45) is 8.90. The SMILES string of the molecule is CC(C)(C)CCCCNC(=O)CCCCCC(C)(C)I. The molecule has 0 saturated carbocycles. The van der Waals surface area contributed by atoms with Crippen molar-refractivity contribution in [3.8, 4) is 0 Å².